The highest BCUT2D eigenvalue weighted by molar-refractivity contribution is 5.05. The Morgan fingerprint density at radius 1 is 1.55 bits per heavy atom. The van der Waals surface area contributed by atoms with Crippen molar-refractivity contribution in [2.24, 2.45) is 11.8 Å². The van der Waals surface area contributed by atoms with E-state index in [9.17, 15) is 0 Å². The summed E-state index contributed by atoms with van der Waals surface area (Å²) in [6.07, 6.45) is 1.14. The molecule has 0 aliphatic carbocycles. The van der Waals surface area contributed by atoms with E-state index in [1.165, 1.54) is 18.7 Å². The van der Waals surface area contributed by atoms with Crippen molar-refractivity contribution >= 4 is 0 Å². The van der Waals surface area contributed by atoms with E-state index < -0.39 is 0 Å². The molecule has 1 heteroatoms. The molecule has 2 unspecified atom stereocenters. The van der Waals surface area contributed by atoms with Crippen molar-refractivity contribution < 1.29 is 0 Å². The fraction of sp³-hybridized carbons (Fsp3) is 0.800. The molecular weight excluding hydrogens is 134 g/mol. The van der Waals surface area contributed by atoms with Gasteiger partial charge in [0, 0.05) is 13.1 Å². The van der Waals surface area contributed by atoms with Gasteiger partial charge in [0.15, 0.2) is 0 Å². The number of hydrogen-bond acceptors (Lipinski definition) is 1. The predicted octanol–water partition coefficient (Wildman–Crippen LogP) is 2.15. The lowest BCUT2D eigenvalue weighted by Crippen LogP contribution is -2.14. The van der Waals surface area contributed by atoms with Gasteiger partial charge in [0.2, 0.25) is 0 Å². The number of likely N-dealkylation sites (tertiary alicyclic amines) is 1. The van der Waals surface area contributed by atoms with Gasteiger partial charge in [-0.3, -0.25) is 0 Å². The van der Waals surface area contributed by atoms with Gasteiger partial charge < -0.3 is 4.90 Å². The Balaban J connectivity index is 2.52. The number of nitrogens with zero attached hydrogens (tertiary/aromatic N) is 1. The van der Waals surface area contributed by atoms with Gasteiger partial charge >= 0.3 is 0 Å². The summed E-state index contributed by atoms with van der Waals surface area (Å²) in [4.78, 5) is 2.40. The van der Waals surface area contributed by atoms with E-state index >= 15 is 0 Å². The molecule has 1 rings (SSSR count). The third-order valence-corrected chi connectivity index (χ3v) is 2.77. The molecule has 0 aromatic carbocycles. The quantitative estimate of drug-likeness (QED) is 0.549. The molecule has 0 amide bonds. The summed E-state index contributed by atoms with van der Waals surface area (Å²) in [6, 6.07) is 0. The van der Waals surface area contributed by atoms with Crippen LogP contribution in [0.3, 0.4) is 0 Å². The molecule has 0 aromatic heterocycles. The largest absolute Gasteiger partial charge is 0.305 e. The van der Waals surface area contributed by atoms with E-state index in [2.05, 4.69) is 32.4 Å². The Morgan fingerprint density at radius 3 is 2.55 bits per heavy atom. The van der Waals surface area contributed by atoms with E-state index in [0.717, 1.165) is 18.3 Å². The second kappa shape index (κ2) is 3.40. The molecule has 0 radical (unpaired) electrons. The molecule has 11 heavy (non-hydrogen) atoms. The monoisotopic (exact) mass is 153 g/mol. The van der Waals surface area contributed by atoms with E-state index in [4.69, 9.17) is 0 Å². The summed E-state index contributed by atoms with van der Waals surface area (Å²) >= 11 is 0. The molecule has 1 fully saturated rings. The molecule has 0 spiro atoms. The van der Waals surface area contributed by atoms with Gasteiger partial charge in [0.1, 0.15) is 0 Å². The summed E-state index contributed by atoms with van der Waals surface area (Å²) in [6.45, 7) is 11.1. The number of hydrogen-bond donors (Lipinski definition) is 0. The molecule has 1 aliphatic heterocycles. The van der Waals surface area contributed by atoms with Crippen LogP contribution in [0.1, 0.15) is 20.3 Å². The summed E-state index contributed by atoms with van der Waals surface area (Å²) in [5.41, 5.74) is 1.43. The summed E-state index contributed by atoms with van der Waals surface area (Å²) in [5, 5.41) is 0. The maximum atomic E-state index is 4.11. The third-order valence-electron chi connectivity index (χ3n) is 2.77. The molecule has 1 heterocycles. The van der Waals surface area contributed by atoms with Crippen molar-refractivity contribution in [1.82, 2.24) is 4.90 Å². The van der Waals surface area contributed by atoms with E-state index in [-0.39, 0.29) is 0 Å². The minimum atomic E-state index is 0.755. The maximum absolute atomic E-state index is 4.11. The van der Waals surface area contributed by atoms with Crippen molar-refractivity contribution in [2.45, 2.75) is 20.3 Å². The molecule has 0 aromatic rings. The smallest absolute Gasteiger partial charge is 0.00470 e. The van der Waals surface area contributed by atoms with Gasteiger partial charge in [-0.15, -0.1) is 0 Å². The molecule has 1 aliphatic rings. The van der Waals surface area contributed by atoms with Crippen molar-refractivity contribution in [3.63, 3.8) is 0 Å². The van der Waals surface area contributed by atoms with Gasteiger partial charge in [-0.25, -0.2) is 0 Å². The topological polar surface area (TPSA) is 3.24 Å². The SMILES string of the molecule is C=C(CC)C1CN(C)CC1C. The average molecular weight is 153 g/mol. The van der Waals surface area contributed by atoms with Crippen LogP contribution < -0.4 is 0 Å². The van der Waals surface area contributed by atoms with Crippen molar-refractivity contribution in [1.29, 1.82) is 0 Å². The van der Waals surface area contributed by atoms with Crippen LogP contribution in [0, 0.1) is 11.8 Å². The van der Waals surface area contributed by atoms with Gasteiger partial charge in [0.25, 0.3) is 0 Å². The highest BCUT2D eigenvalue weighted by atomic mass is 15.1. The van der Waals surface area contributed by atoms with Gasteiger partial charge in [-0.05, 0) is 25.3 Å². The van der Waals surface area contributed by atoms with Gasteiger partial charge in [-0.2, -0.15) is 0 Å². The van der Waals surface area contributed by atoms with Crippen molar-refractivity contribution in [3.8, 4) is 0 Å². The summed E-state index contributed by atoms with van der Waals surface area (Å²) < 4.78 is 0. The molecular formula is C10H19N. The Bertz CT molecular complexity index is 151. The normalized spacial score (nSPS) is 32.6. The van der Waals surface area contributed by atoms with Crippen LogP contribution in [0.15, 0.2) is 12.2 Å². The zero-order chi connectivity index (χ0) is 8.43. The lowest BCUT2D eigenvalue weighted by molar-refractivity contribution is 0.399. The van der Waals surface area contributed by atoms with E-state index in [1.807, 2.05) is 0 Å². The van der Waals surface area contributed by atoms with Gasteiger partial charge in [0.05, 0.1) is 0 Å². The van der Waals surface area contributed by atoms with Crippen LogP contribution in [-0.4, -0.2) is 25.0 Å². The Labute approximate surface area is 70.1 Å². The maximum Gasteiger partial charge on any atom is 0.00470 e. The minimum Gasteiger partial charge on any atom is -0.305 e. The predicted molar refractivity (Wildman–Crippen MR) is 49.6 cm³/mol. The van der Waals surface area contributed by atoms with Crippen LogP contribution in [0.5, 0.6) is 0 Å². The van der Waals surface area contributed by atoms with Crippen LogP contribution >= 0.6 is 0 Å². The average Bonchev–Trinajstić information content (AvgIpc) is 2.28. The molecule has 1 saturated heterocycles. The molecule has 2 atom stereocenters. The fourth-order valence-corrected chi connectivity index (χ4v) is 2.00. The first-order valence-electron chi connectivity index (χ1n) is 4.51. The molecule has 0 bridgehead atoms. The van der Waals surface area contributed by atoms with E-state index in [1.54, 1.807) is 0 Å². The Hall–Kier alpha value is -0.300. The zero-order valence-corrected chi connectivity index (χ0v) is 7.93. The van der Waals surface area contributed by atoms with E-state index in [0.29, 0.717) is 0 Å². The highest BCUT2D eigenvalue weighted by Crippen LogP contribution is 2.28. The first-order chi connectivity index (χ1) is 5.15. The molecule has 0 saturated carbocycles. The van der Waals surface area contributed by atoms with Crippen molar-refractivity contribution in [2.75, 3.05) is 20.1 Å². The number of rotatable bonds is 2. The molecule has 0 N–H and O–H groups in total. The van der Waals surface area contributed by atoms with Crippen molar-refractivity contribution in [3.05, 3.63) is 12.2 Å². The minimum absolute atomic E-state index is 0.755. The summed E-state index contributed by atoms with van der Waals surface area (Å²) in [5.74, 6) is 1.57. The second-order valence-corrected chi connectivity index (χ2v) is 3.82. The molecule has 1 nitrogen and oxygen atoms in total. The highest BCUT2D eigenvalue weighted by Gasteiger charge is 2.28. The zero-order valence-electron chi connectivity index (χ0n) is 7.93. The first kappa shape index (κ1) is 8.79. The van der Waals surface area contributed by atoms with Crippen LogP contribution in [0.25, 0.3) is 0 Å². The Morgan fingerprint density at radius 2 is 2.18 bits per heavy atom. The van der Waals surface area contributed by atoms with Crippen LogP contribution in [0.2, 0.25) is 0 Å². The summed E-state index contributed by atoms with van der Waals surface area (Å²) in [7, 11) is 2.19. The lowest BCUT2D eigenvalue weighted by atomic mass is 9.90. The fourth-order valence-electron chi connectivity index (χ4n) is 2.00. The van der Waals surface area contributed by atoms with Crippen LogP contribution in [-0.2, 0) is 0 Å². The first-order valence-corrected chi connectivity index (χ1v) is 4.51. The molecule has 64 valence electrons. The lowest BCUT2D eigenvalue weighted by Gasteiger charge is -2.15. The third kappa shape index (κ3) is 1.84. The Kier molecular flexibility index (Phi) is 2.72. The van der Waals surface area contributed by atoms with Gasteiger partial charge in [-0.1, -0.05) is 26.0 Å². The van der Waals surface area contributed by atoms with Crippen LogP contribution in [0.4, 0.5) is 0 Å². The second-order valence-electron chi connectivity index (χ2n) is 3.82. The standard InChI is InChI=1S/C10H19N/c1-5-8(2)10-7-11(4)6-9(10)3/h9-10H,2,5-7H2,1,3-4H3.